The van der Waals surface area contributed by atoms with E-state index in [2.05, 4.69) is 26.3 Å². The molecule has 0 fully saturated rings. The Bertz CT molecular complexity index is 1720. The first kappa shape index (κ1) is 26.1. The zero-order valence-electron chi connectivity index (χ0n) is 20.9. The molecule has 0 bridgehead atoms. The molecule has 1 aliphatic heterocycles. The Labute approximate surface area is 226 Å². The number of hydrogen-bond donors (Lipinski definition) is 5. The highest BCUT2D eigenvalue weighted by atomic mass is 19.4. The van der Waals surface area contributed by atoms with Crippen molar-refractivity contribution in [1.29, 1.82) is 5.26 Å². The Morgan fingerprint density at radius 1 is 0.975 bits per heavy atom. The number of halogens is 3. The number of aromatic amines is 1. The van der Waals surface area contributed by atoms with E-state index in [9.17, 15) is 22.8 Å². The summed E-state index contributed by atoms with van der Waals surface area (Å²) in [5, 5.41) is 20.2. The van der Waals surface area contributed by atoms with Crippen LogP contribution in [0.4, 0.5) is 46.4 Å². The molecule has 1 aromatic heterocycles. The van der Waals surface area contributed by atoms with Crippen molar-refractivity contribution in [2.45, 2.75) is 13.1 Å². The fourth-order valence-electron chi connectivity index (χ4n) is 4.19. The molecule has 0 spiro atoms. The van der Waals surface area contributed by atoms with Crippen LogP contribution in [0.15, 0.2) is 72.9 Å². The van der Waals surface area contributed by atoms with Crippen molar-refractivity contribution in [2.24, 2.45) is 0 Å². The molecule has 2 heterocycles. The Hall–Kier alpha value is -5.50. The third-order valence-corrected chi connectivity index (χ3v) is 6.16. The topological polar surface area (TPSA) is 122 Å². The fraction of sp³-hybridized carbons (Fsp3) is 0.0690. The van der Waals surface area contributed by atoms with E-state index in [-0.39, 0.29) is 11.6 Å². The van der Waals surface area contributed by atoms with Crippen LogP contribution < -0.4 is 21.3 Å². The molecule has 0 aliphatic carbocycles. The largest absolute Gasteiger partial charge is 0.416 e. The van der Waals surface area contributed by atoms with E-state index in [1.807, 2.05) is 19.1 Å². The highest BCUT2D eigenvalue weighted by molar-refractivity contribution is 6.35. The van der Waals surface area contributed by atoms with Crippen molar-refractivity contribution in [2.75, 3.05) is 21.3 Å². The lowest BCUT2D eigenvalue weighted by molar-refractivity contribution is -0.137. The summed E-state index contributed by atoms with van der Waals surface area (Å²) in [4.78, 5) is 28.0. The van der Waals surface area contributed by atoms with Crippen LogP contribution in [0.25, 0.3) is 11.6 Å². The van der Waals surface area contributed by atoms with Crippen LogP contribution in [0, 0.1) is 18.3 Å². The lowest BCUT2D eigenvalue weighted by Crippen LogP contribution is -2.20. The standard InChI is InChI=1S/C29H21F3N6O2/c1-16-5-6-21(37-28(40)36-19-4-2-3-18(10-19)29(30,31)32)12-25(16)35-20-7-8-23-24(27(39)38-26(23)13-20)11-22-9-17(14-33)15-34-22/h2-13,15,34-35H,1H3,(H,38,39)(H2,36,37,40)/b24-11+. The van der Waals surface area contributed by atoms with E-state index in [1.54, 1.807) is 48.7 Å². The van der Waals surface area contributed by atoms with Gasteiger partial charge in [-0.05, 0) is 67.1 Å². The average molecular weight is 543 g/mol. The molecule has 200 valence electrons. The van der Waals surface area contributed by atoms with Crippen molar-refractivity contribution in [3.63, 3.8) is 0 Å². The third-order valence-electron chi connectivity index (χ3n) is 6.16. The number of benzene rings is 3. The summed E-state index contributed by atoms with van der Waals surface area (Å²) in [7, 11) is 0. The van der Waals surface area contributed by atoms with Crippen LogP contribution in [0.2, 0.25) is 0 Å². The molecule has 5 N–H and O–H groups in total. The van der Waals surface area contributed by atoms with Crippen molar-refractivity contribution < 1.29 is 22.8 Å². The van der Waals surface area contributed by atoms with Gasteiger partial charge in [0.15, 0.2) is 0 Å². The van der Waals surface area contributed by atoms with Crippen LogP contribution in [-0.4, -0.2) is 16.9 Å². The minimum atomic E-state index is -4.52. The number of anilines is 5. The van der Waals surface area contributed by atoms with E-state index >= 15 is 0 Å². The van der Waals surface area contributed by atoms with Gasteiger partial charge in [0.1, 0.15) is 6.07 Å². The number of hydrogen-bond acceptors (Lipinski definition) is 4. The first-order chi connectivity index (χ1) is 19.1. The van der Waals surface area contributed by atoms with Crippen molar-refractivity contribution in [3.05, 3.63) is 101 Å². The fourth-order valence-corrected chi connectivity index (χ4v) is 4.19. The zero-order valence-corrected chi connectivity index (χ0v) is 20.9. The molecule has 40 heavy (non-hydrogen) atoms. The number of nitriles is 1. The lowest BCUT2D eigenvalue weighted by atomic mass is 10.1. The monoisotopic (exact) mass is 542 g/mol. The molecule has 0 atom stereocenters. The normalized spacial score (nSPS) is 13.4. The second-order valence-electron chi connectivity index (χ2n) is 9.04. The van der Waals surface area contributed by atoms with Crippen molar-refractivity contribution >= 4 is 52.0 Å². The third kappa shape index (κ3) is 5.66. The zero-order chi connectivity index (χ0) is 28.4. The summed E-state index contributed by atoms with van der Waals surface area (Å²) >= 11 is 0. The van der Waals surface area contributed by atoms with Gasteiger partial charge in [-0.25, -0.2) is 4.79 Å². The molecule has 1 aliphatic rings. The molecule has 0 radical (unpaired) electrons. The maximum absolute atomic E-state index is 13.0. The van der Waals surface area contributed by atoms with Gasteiger partial charge in [-0.2, -0.15) is 18.4 Å². The number of aromatic nitrogens is 1. The number of carbonyl (C=O) groups is 2. The molecular weight excluding hydrogens is 521 g/mol. The minimum Gasteiger partial charge on any atom is -0.360 e. The summed E-state index contributed by atoms with van der Waals surface area (Å²) in [6.07, 6.45) is -1.28. The maximum Gasteiger partial charge on any atom is 0.416 e. The maximum atomic E-state index is 13.0. The average Bonchev–Trinajstić information content (AvgIpc) is 3.49. The van der Waals surface area contributed by atoms with Crippen LogP contribution in [0.1, 0.15) is 27.9 Å². The number of nitrogens with one attached hydrogen (secondary N) is 5. The van der Waals surface area contributed by atoms with Crippen LogP contribution in [0.5, 0.6) is 0 Å². The van der Waals surface area contributed by atoms with Gasteiger partial charge in [-0.1, -0.05) is 18.2 Å². The van der Waals surface area contributed by atoms with Crippen molar-refractivity contribution in [3.8, 4) is 6.07 Å². The number of alkyl halides is 3. The first-order valence-corrected chi connectivity index (χ1v) is 12.0. The van der Waals surface area contributed by atoms with Gasteiger partial charge >= 0.3 is 12.2 Å². The van der Waals surface area contributed by atoms with Crippen LogP contribution in [-0.2, 0) is 11.0 Å². The number of amides is 3. The summed E-state index contributed by atoms with van der Waals surface area (Å²) in [5.74, 6) is -0.269. The van der Waals surface area contributed by atoms with Gasteiger partial charge in [-0.3, -0.25) is 4.79 Å². The summed E-state index contributed by atoms with van der Waals surface area (Å²) in [5.41, 5.74) is 4.66. The molecule has 8 nitrogen and oxygen atoms in total. The molecule has 0 saturated heterocycles. The second kappa shape index (κ2) is 10.3. The lowest BCUT2D eigenvalue weighted by Gasteiger charge is -2.14. The smallest absolute Gasteiger partial charge is 0.360 e. The molecular formula is C29H21F3N6O2. The molecule has 0 unspecified atom stereocenters. The number of H-pyrrole nitrogens is 1. The Morgan fingerprint density at radius 3 is 2.45 bits per heavy atom. The molecule has 3 amide bonds. The van der Waals surface area contributed by atoms with E-state index in [0.29, 0.717) is 45.1 Å². The second-order valence-corrected chi connectivity index (χ2v) is 9.04. The number of aryl methyl sites for hydroxylation is 1. The molecule has 5 rings (SSSR count). The van der Waals surface area contributed by atoms with Crippen molar-refractivity contribution in [1.82, 2.24) is 4.98 Å². The number of rotatable bonds is 5. The van der Waals surface area contributed by atoms with E-state index in [4.69, 9.17) is 5.26 Å². The summed E-state index contributed by atoms with van der Waals surface area (Å²) in [6.45, 7) is 1.87. The minimum absolute atomic E-state index is 0.00756. The van der Waals surface area contributed by atoms with Gasteiger partial charge in [0.05, 0.1) is 22.4 Å². The number of urea groups is 1. The van der Waals surface area contributed by atoms with Gasteiger partial charge < -0.3 is 26.3 Å². The SMILES string of the molecule is Cc1ccc(NC(=O)Nc2cccc(C(F)(F)F)c2)cc1Nc1ccc2c(c1)NC(=O)/C2=C/c1cc(C#N)c[nH]1. The summed E-state index contributed by atoms with van der Waals surface area (Å²) in [6, 6.07) is 17.9. The highest BCUT2D eigenvalue weighted by Gasteiger charge is 2.30. The van der Waals surface area contributed by atoms with E-state index in [0.717, 1.165) is 17.7 Å². The van der Waals surface area contributed by atoms with Crippen LogP contribution >= 0.6 is 0 Å². The number of carbonyl (C=O) groups excluding carboxylic acids is 2. The van der Waals surface area contributed by atoms with Gasteiger partial charge in [0.25, 0.3) is 5.91 Å². The molecule has 11 heteroatoms. The first-order valence-electron chi connectivity index (χ1n) is 12.0. The highest BCUT2D eigenvalue weighted by Crippen LogP contribution is 2.36. The number of fused-ring (bicyclic) bond motifs is 1. The Kier molecular flexibility index (Phi) is 6.75. The predicted molar refractivity (Wildman–Crippen MR) is 147 cm³/mol. The quantitative estimate of drug-likeness (QED) is 0.173. The predicted octanol–water partition coefficient (Wildman–Crippen LogP) is 7.09. The van der Waals surface area contributed by atoms with E-state index < -0.39 is 17.8 Å². The number of nitrogens with zero attached hydrogens (tertiary/aromatic N) is 1. The molecule has 0 saturated carbocycles. The Balaban J connectivity index is 1.30. The van der Waals surface area contributed by atoms with Gasteiger partial charge in [0, 0.05) is 40.2 Å². The summed E-state index contributed by atoms with van der Waals surface area (Å²) < 4.78 is 38.9. The van der Waals surface area contributed by atoms with E-state index in [1.165, 1.54) is 12.1 Å². The molecule has 4 aromatic rings. The molecule has 3 aromatic carbocycles. The Morgan fingerprint density at radius 2 is 1.73 bits per heavy atom. The van der Waals surface area contributed by atoms with Gasteiger partial charge in [-0.15, -0.1) is 0 Å². The van der Waals surface area contributed by atoms with Crippen LogP contribution in [0.3, 0.4) is 0 Å². The van der Waals surface area contributed by atoms with Gasteiger partial charge in [0.2, 0.25) is 0 Å².